The molecule has 0 aliphatic carbocycles. The van der Waals surface area contributed by atoms with Gasteiger partial charge in [-0.2, -0.15) is 0 Å². The molecule has 1 aromatic heterocycles. The Morgan fingerprint density at radius 3 is 2.61 bits per heavy atom. The van der Waals surface area contributed by atoms with Gasteiger partial charge in [-0.15, -0.1) is 0 Å². The molecule has 3 rings (SSSR count). The van der Waals surface area contributed by atoms with Crippen LogP contribution in [0.1, 0.15) is 15.9 Å². The number of hydrogen-bond acceptors (Lipinski definition) is 5. The van der Waals surface area contributed by atoms with Crippen molar-refractivity contribution in [1.29, 1.82) is 0 Å². The van der Waals surface area contributed by atoms with Gasteiger partial charge in [-0.05, 0) is 36.4 Å². The van der Waals surface area contributed by atoms with Crippen LogP contribution in [0.4, 0.5) is 0 Å². The van der Waals surface area contributed by atoms with Gasteiger partial charge in [0.25, 0.3) is 0 Å². The number of phenolic OH excluding ortho intramolecular Hbond substituents is 2. The van der Waals surface area contributed by atoms with E-state index in [9.17, 15) is 19.8 Å². The fraction of sp³-hybridized carbons (Fsp3) is 0. The highest BCUT2D eigenvalue weighted by Gasteiger charge is 2.11. The zero-order chi connectivity index (χ0) is 16.4. The molecule has 0 aliphatic heterocycles. The van der Waals surface area contributed by atoms with Crippen molar-refractivity contribution in [3.8, 4) is 11.5 Å². The second kappa shape index (κ2) is 5.81. The number of carbonyl (C=O) groups is 1. The number of ketones is 1. The summed E-state index contributed by atoms with van der Waals surface area (Å²) < 4.78 is 5.11. The summed E-state index contributed by atoms with van der Waals surface area (Å²) in [5, 5.41) is 19.5. The first kappa shape index (κ1) is 14.6. The van der Waals surface area contributed by atoms with Crippen LogP contribution in [0.5, 0.6) is 11.5 Å². The Balaban J connectivity index is 1.95. The molecule has 0 atom stereocenters. The van der Waals surface area contributed by atoms with Gasteiger partial charge in [0.05, 0.1) is 0 Å². The highest BCUT2D eigenvalue weighted by Crippen LogP contribution is 2.23. The molecule has 0 bridgehead atoms. The van der Waals surface area contributed by atoms with Gasteiger partial charge in [0.2, 0.25) is 0 Å². The normalized spacial score (nSPS) is 11.1. The number of benzene rings is 2. The largest absolute Gasteiger partial charge is 0.508 e. The molecule has 0 unspecified atom stereocenters. The third kappa shape index (κ3) is 2.98. The van der Waals surface area contributed by atoms with Crippen LogP contribution in [0.25, 0.3) is 17.0 Å². The van der Waals surface area contributed by atoms with Gasteiger partial charge in [0.1, 0.15) is 22.6 Å². The number of phenols is 2. The predicted molar refractivity (Wildman–Crippen MR) is 85.6 cm³/mol. The van der Waals surface area contributed by atoms with Crippen LogP contribution in [0, 0.1) is 0 Å². The molecule has 0 amide bonds. The molecule has 114 valence electrons. The zero-order valence-corrected chi connectivity index (χ0v) is 11.9. The zero-order valence-electron chi connectivity index (χ0n) is 11.9. The summed E-state index contributed by atoms with van der Waals surface area (Å²) in [6.07, 6.45) is 2.54. The van der Waals surface area contributed by atoms with Crippen molar-refractivity contribution in [2.45, 2.75) is 0 Å². The molecule has 3 aromatic rings. The van der Waals surface area contributed by atoms with Crippen molar-refractivity contribution in [2.75, 3.05) is 0 Å². The number of fused-ring (bicyclic) bond motifs is 1. The fourth-order valence-corrected chi connectivity index (χ4v) is 2.16. The predicted octanol–water partition coefficient (Wildman–Crippen LogP) is 3.10. The number of aromatic hydroxyl groups is 2. The minimum atomic E-state index is -0.715. The minimum Gasteiger partial charge on any atom is -0.508 e. The maximum atomic E-state index is 12.2. The average molecular weight is 308 g/mol. The SMILES string of the molecule is O=C(/C=C/c1ccc(O)cc1O)c1cc2ccccc2oc1=O. The summed E-state index contributed by atoms with van der Waals surface area (Å²) in [7, 11) is 0. The Hall–Kier alpha value is -3.34. The fourth-order valence-electron chi connectivity index (χ4n) is 2.16. The van der Waals surface area contributed by atoms with Gasteiger partial charge in [0.15, 0.2) is 5.78 Å². The van der Waals surface area contributed by atoms with Crippen molar-refractivity contribution < 1.29 is 19.4 Å². The maximum Gasteiger partial charge on any atom is 0.347 e. The lowest BCUT2D eigenvalue weighted by molar-refractivity contribution is 0.104. The summed E-state index contributed by atoms with van der Waals surface area (Å²) in [6.45, 7) is 0. The van der Waals surface area contributed by atoms with E-state index in [4.69, 9.17) is 4.42 Å². The second-order valence-corrected chi connectivity index (χ2v) is 4.93. The van der Waals surface area contributed by atoms with E-state index in [0.717, 1.165) is 6.07 Å². The van der Waals surface area contributed by atoms with Gasteiger partial charge >= 0.3 is 5.63 Å². The monoisotopic (exact) mass is 308 g/mol. The Bertz CT molecular complexity index is 982. The number of para-hydroxylation sites is 1. The second-order valence-electron chi connectivity index (χ2n) is 4.93. The van der Waals surface area contributed by atoms with Crippen LogP contribution in [0.3, 0.4) is 0 Å². The van der Waals surface area contributed by atoms with Crippen LogP contribution in [0.15, 0.2) is 63.8 Å². The van der Waals surface area contributed by atoms with E-state index in [1.54, 1.807) is 24.3 Å². The molecule has 0 aliphatic rings. The Kier molecular flexibility index (Phi) is 3.68. The quantitative estimate of drug-likeness (QED) is 0.441. The molecule has 0 radical (unpaired) electrons. The van der Waals surface area contributed by atoms with E-state index in [-0.39, 0.29) is 17.1 Å². The van der Waals surface area contributed by atoms with Crippen LogP contribution in [0.2, 0.25) is 0 Å². The van der Waals surface area contributed by atoms with Crippen LogP contribution < -0.4 is 5.63 Å². The summed E-state index contributed by atoms with van der Waals surface area (Å²) in [6, 6.07) is 12.4. The Morgan fingerprint density at radius 2 is 1.83 bits per heavy atom. The molecule has 2 N–H and O–H groups in total. The van der Waals surface area contributed by atoms with Gasteiger partial charge in [0, 0.05) is 17.0 Å². The van der Waals surface area contributed by atoms with Crippen molar-refractivity contribution in [3.63, 3.8) is 0 Å². The summed E-state index contributed by atoms with van der Waals surface area (Å²) in [5.74, 6) is -0.780. The van der Waals surface area contributed by atoms with E-state index >= 15 is 0 Å². The van der Waals surface area contributed by atoms with Gasteiger partial charge in [-0.3, -0.25) is 4.79 Å². The first-order valence-corrected chi connectivity index (χ1v) is 6.82. The molecule has 5 nitrogen and oxygen atoms in total. The maximum absolute atomic E-state index is 12.2. The van der Waals surface area contributed by atoms with Gasteiger partial charge < -0.3 is 14.6 Å². The molecule has 2 aromatic carbocycles. The molecule has 5 heteroatoms. The molecule has 0 fully saturated rings. The van der Waals surface area contributed by atoms with Crippen LogP contribution >= 0.6 is 0 Å². The summed E-state index contributed by atoms with van der Waals surface area (Å²) in [5.41, 5.74) is -0.0398. The first-order valence-electron chi connectivity index (χ1n) is 6.82. The van der Waals surface area contributed by atoms with Crippen molar-refractivity contribution in [1.82, 2.24) is 0 Å². The summed E-state index contributed by atoms with van der Waals surface area (Å²) in [4.78, 5) is 24.1. The average Bonchev–Trinajstić information content (AvgIpc) is 2.53. The minimum absolute atomic E-state index is 0.0823. The molecule has 23 heavy (non-hydrogen) atoms. The van der Waals surface area contributed by atoms with Gasteiger partial charge in [-0.25, -0.2) is 4.79 Å². The number of hydrogen-bond donors (Lipinski definition) is 2. The van der Waals surface area contributed by atoms with E-state index in [1.807, 2.05) is 0 Å². The lowest BCUT2D eigenvalue weighted by atomic mass is 10.1. The lowest BCUT2D eigenvalue weighted by Crippen LogP contribution is -2.11. The number of rotatable bonds is 3. The standard InChI is InChI=1S/C18H12O5/c19-13-7-5-11(16(21)10-13)6-8-15(20)14-9-12-3-1-2-4-17(12)23-18(14)22/h1-10,19,21H/b8-6+. The third-order valence-electron chi connectivity index (χ3n) is 3.34. The highest BCUT2D eigenvalue weighted by molar-refractivity contribution is 6.07. The van der Waals surface area contributed by atoms with E-state index in [1.165, 1.54) is 30.4 Å². The van der Waals surface area contributed by atoms with E-state index in [0.29, 0.717) is 16.5 Å². The smallest absolute Gasteiger partial charge is 0.347 e. The van der Waals surface area contributed by atoms with Crippen LogP contribution in [-0.2, 0) is 0 Å². The molecular formula is C18H12O5. The molecule has 1 heterocycles. The Morgan fingerprint density at radius 1 is 1.04 bits per heavy atom. The number of carbonyl (C=O) groups excluding carboxylic acids is 1. The van der Waals surface area contributed by atoms with Crippen LogP contribution in [-0.4, -0.2) is 16.0 Å². The number of allylic oxidation sites excluding steroid dienone is 1. The highest BCUT2D eigenvalue weighted by atomic mass is 16.4. The lowest BCUT2D eigenvalue weighted by Gasteiger charge is -2.00. The first-order chi connectivity index (χ1) is 11.0. The molecule has 0 spiro atoms. The van der Waals surface area contributed by atoms with Gasteiger partial charge in [-0.1, -0.05) is 18.2 Å². The van der Waals surface area contributed by atoms with E-state index in [2.05, 4.69) is 0 Å². The van der Waals surface area contributed by atoms with Crippen molar-refractivity contribution in [2.24, 2.45) is 0 Å². The van der Waals surface area contributed by atoms with Crippen molar-refractivity contribution >= 4 is 22.8 Å². The third-order valence-corrected chi connectivity index (χ3v) is 3.34. The molecule has 0 saturated heterocycles. The van der Waals surface area contributed by atoms with Crippen molar-refractivity contribution in [3.05, 3.63) is 76.2 Å². The molecule has 0 saturated carbocycles. The van der Waals surface area contributed by atoms with E-state index < -0.39 is 11.4 Å². The topological polar surface area (TPSA) is 87.7 Å². The Labute approximate surface area is 130 Å². The summed E-state index contributed by atoms with van der Waals surface area (Å²) >= 11 is 0. The molecular weight excluding hydrogens is 296 g/mol.